The summed E-state index contributed by atoms with van der Waals surface area (Å²) in [5, 5.41) is 0.416. The Hall–Kier alpha value is -1.16. The summed E-state index contributed by atoms with van der Waals surface area (Å²) in [6, 6.07) is 5.31. The van der Waals surface area contributed by atoms with Crippen molar-refractivity contribution >= 4 is 37.4 Å². The Bertz CT molecular complexity index is 853. The molecule has 26 heavy (non-hydrogen) atoms. The standard InChI is InChI=1S/C16H23ClN2O5S2/c1-3-9-19(14-8-10-25(21,22)12-14)16(20)11-18(2)26(23,24)15-6-4-13(17)5-7-15/h4-7,14H,3,8-12H2,1-2H3. The predicted molar refractivity (Wildman–Crippen MR) is 100 cm³/mol. The van der Waals surface area contributed by atoms with Crippen LogP contribution < -0.4 is 0 Å². The minimum Gasteiger partial charge on any atom is -0.338 e. The number of nitrogens with zero attached hydrogens (tertiary/aromatic N) is 2. The highest BCUT2D eigenvalue weighted by Crippen LogP contribution is 2.20. The number of hydrogen-bond acceptors (Lipinski definition) is 5. The molecule has 1 atom stereocenters. The van der Waals surface area contributed by atoms with E-state index in [-0.39, 0.29) is 29.0 Å². The largest absolute Gasteiger partial charge is 0.338 e. The number of hydrogen-bond donors (Lipinski definition) is 0. The van der Waals surface area contributed by atoms with E-state index in [1.807, 2.05) is 6.92 Å². The van der Waals surface area contributed by atoms with E-state index in [1.54, 1.807) is 0 Å². The van der Waals surface area contributed by atoms with Crippen molar-refractivity contribution in [2.24, 2.45) is 0 Å². The van der Waals surface area contributed by atoms with Gasteiger partial charge in [-0.1, -0.05) is 18.5 Å². The van der Waals surface area contributed by atoms with E-state index >= 15 is 0 Å². The van der Waals surface area contributed by atoms with Gasteiger partial charge >= 0.3 is 0 Å². The lowest BCUT2D eigenvalue weighted by molar-refractivity contribution is -0.133. The highest BCUT2D eigenvalue weighted by atomic mass is 35.5. The van der Waals surface area contributed by atoms with Crippen LogP contribution in [0.3, 0.4) is 0 Å². The molecule has 0 N–H and O–H groups in total. The number of halogens is 1. The molecule has 1 heterocycles. The molecule has 1 unspecified atom stereocenters. The molecule has 1 aliphatic rings. The zero-order valence-electron chi connectivity index (χ0n) is 14.8. The highest BCUT2D eigenvalue weighted by molar-refractivity contribution is 7.91. The van der Waals surface area contributed by atoms with Crippen LogP contribution in [0.25, 0.3) is 0 Å². The monoisotopic (exact) mass is 422 g/mol. The van der Waals surface area contributed by atoms with Gasteiger partial charge in [-0.15, -0.1) is 0 Å². The third-order valence-corrected chi connectivity index (χ3v) is 8.13. The molecule has 1 aliphatic heterocycles. The number of benzene rings is 1. The molecule has 0 radical (unpaired) electrons. The molecule has 146 valence electrons. The van der Waals surface area contributed by atoms with Crippen LogP contribution in [0, 0.1) is 0 Å². The van der Waals surface area contributed by atoms with Crippen molar-refractivity contribution in [2.75, 3.05) is 31.6 Å². The van der Waals surface area contributed by atoms with Crippen molar-refractivity contribution in [3.05, 3.63) is 29.3 Å². The number of carbonyl (C=O) groups excluding carboxylic acids is 1. The SMILES string of the molecule is CCCN(C(=O)CN(C)S(=O)(=O)c1ccc(Cl)cc1)C1CCS(=O)(=O)C1. The van der Waals surface area contributed by atoms with Gasteiger partial charge < -0.3 is 4.90 Å². The Balaban J connectivity index is 2.13. The Labute approximate surface area is 159 Å². The van der Waals surface area contributed by atoms with E-state index in [0.29, 0.717) is 24.4 Å². The van der Waals surface area contributed by atoms with Crippen molar-refractivity contribution in [3.63, 3.8) is 0 Å². The zero-order valence-corrected chi connectivity index (χ0v) is 17.1. The van der Waals surface area contributed by atoms with Crippen LogP contribution in [-0.2, 0) is 24.7 Å². The Kier molecular flexibility index (Phi) is 6.70. The maximum Gasteiger partial charge on any atom is 0.243 e. The minimum absolute atomic E-state index is 0.0442. The van der Waals surface area contributed by atoms with Crippen LogP contribution in [0.5, 0.6) is 0 Å². The van der Waals surface area contributed by atoms with Gasteiger partial charge in [0.05, 0.1) is 22.9 Å². The van der Waals surface area contributed by atoms with E-state index in [0.717, 1.165) is 4.31 Å². The predicted octanol–water partition coefficient (Wildman–Crippen LogP) is 1.39. The number of rotatable bonds is 7. The van der Waals surface area contributed by atoms with Gasteiger partial charge in [-0.25, -0.2) is 16.8 Å². The number of carbonyl (C=O) groups is 1. The van der Waals surface area contributed by atoms with Crippen LogP contribution in [0.1, 0.15) is 19.8 Å². The molecule has 2 rings (SSSR count). The lowest BCUT2D eigenvalue weighted by Crippen LogP contribution is -2.47. The van der Waals surface area contributed by atoms with E-state index in [2.05, 4.69) is 0 Å². The smallest absolute Gasteiger partial charge is 0.243 e. The topological polar surface area (TPSA) is 91.8 Å². The maximum absolute atomic E-state index is 12.7. The fourth-order valence-electron chi connectivity index (χ4n) is 2.93. The van der Waals surface area contributed by atoms with Gasteiger partial charge in [-0.05, 0) is 37.1 Å². The number of likely N-dealkylation sites (N-methyl/N-ethyl adjacent to an activating group) is 1. The van der Waals surface area contributed by atoms with Gasteiger partial charge in [-0.3, -0.25) is 4.79 Å². The second-order valence-electron chi connectivity index (χ2n) is 6.36. The van der Waals surface area contributed by atoms with Gasteiger partial charge in [0.2, 0.25) is 15.9 Å². The van der Waals surface area contributed by atoms with E-state index in [1.165, 1.54) is 36.2 Å². The second-order valence-corrected chi connectivity index (χ2v) is 11.1. The molecule has 0 bridgehead atoms. The van der Waals surface area contributed by atoms with Crippen molar-refractivity contribution in [2.45, 2.75) is 30.7 Å². The fourth-order valence-corrected chi connectivity index (χ4v) is 5.90. The third kappa shape index (κ3) is 4.97. The molecule has 1 aromatic rings. The lowest BCUT2D eigenvalue weighted by Gasteiger charge is -2.29. The summed E-state index contributed by atoms with van der Waals surface area (Å²) < 4.78 is 49.6. The average Bonchev–Trinajstić information content (AvgIpc) is 2.92. The van der Waals surface area contributed by atoms with Gasteiger partial charge in [0.15, 0.2) is 9.84 Å². The highest BCUT2D eigenvalue weighted by Gasteiger charge is 2.35. The van der Waals surface area contributed by atoms with E-state index in [4.69, 9.17) is 11.6 Å². The molecular formula is C16H23ClN2O5S2. The summed E-state index contributed by atoms with van der Waals surface area (Å²) in [4.78, 5) is 14.2. The summed E-state index contributed by atoms with van der Waals surface area (Å²) in [7, 11) is -5.64. The van der Waals surface area contributed by atoms with Gasteiger partial charge in [0.1, 0.15) is 0 Å². The first-order valence-corrected chi connectivity index (χ1v) is 11.9. The summed E-state index contributed by atoms with van der Waals surface area (Å²) in [6.07, 6.45) is 1.05. The molecule has 1 amide bonds. The lowest BCUT2D eigenvalue weighted by atomic mass is 10.2. The molecule has 1 saturated heterocycles. The summed E-state index contributed by atoms with van der Waals surface area (Å²) in [6.45, 7) is 1.94. The maximum atomic E-state index is 12.7. The summed E-state index contributed by atoms with van der Waals surface area (Å²) in [5.74, 6) is -0.398. The van der Waals surface area contributed by atoms with Crippen molar-refractivity contribution < 1.29 is 21.6 Å². The van der Waals surface area contributed by atoms with Crippen LogP contribution in [0.2, 0.25) is 5.02 Å². The quantitative estimate of drug-likeness (QED) is 0.662. The van der Waals surface area contributed by atoms with Crippen LogP contribution in [0.15, 0.2) is 29.2 Å². The van der Waals surface area contributed by atoms with E-state index < -0.39 is 25.8 Å². The van der Waals surface area contributed by atoms with Crippen molar-refractivity contribution in [1.29, 1.82) is 0 Å². The zero-order chi connectivity index (χ0) is 19.5. The molecule has 1 aromatic carbocycles. The van der Waals surface area contributed by atoms with Crippen LogP contribution in [-0.4, -0.2) is 69.6 Å². The Morgan fingerprint density at radius 1 is 1.27 bits per heavy atom. The average molecular weight is 423 g/mol. The van der Waals surface area contributed by atoms with Gasteiger partial charge in [-0.2, -0.15) is 4.31 Å². The summed E-state index contributed by atoms with van der Waals surface area (Å²) >= 11 is 5.78. The molecular weight excluding hydrogens is 400 g/mol. The molecule has 0 aromatic heterocycles. The van der Waals surface area contributed by atoms with E-state index in [9.17, 15) is 21.6 Å². The first-order chi connectivity index (χ1) is 12.1. The van der Waals surface area contributed by atoms with Gasteiger partial charge in [0.25, 0.3) is 0 Å². The third-order valence-electron chi connectivity index (χ3n) is 4.31. The normalized spacial score (nSPS) is 19.6. The Morgan fingerprint density at radius 3 is 2.38 bits per heavy atom. The second kappa shape index (κ2) is 8.24. The molecule has 1 fully saturated rings. The molecule has 7 nitrogen and oxygen atoms in total. The van der Waals surface area contributed by atoms with Crippen molar-refractivity contribution in [1.82, 2.24) is 9.21 Å². The summed E-state index contributed by atoms with van der Waals surface area (Å²) in [5.41, 5.74) is 0. The first-order valence-electron chi connectivity index (χ1n) is 8.28. The molecule has 0 aliphatic carbocycles. The van der Waals surface area contributed by atoms with Crippen LogP contribution in [0.4, 0.5) is 0 Å². The molecule has 0 saturated carbocycles. The number of sulfonamides is 1. The number of amides is 1. The molecule has 0 spiro atoms. The van der Waals surface area contributed by atoms with Crippen LogP contribution >= 0.6 is 11.6 Å². The van der Waals surface area contributed by atoms with Crippen molar-refractivity contribution in [3.8, 4) is 0 Å². The fraction of sp³-hybridized carbons (Fsp3) is 0.562. The first kappa shape index (κ1) is 21.1. The minimum atomic E-state index is -3.84. The van der Waals surface area contributed by atoms with Gasteiger partial charge in [0, 0.05) is 24.7 Å². The molecule has 10 heteroatoms. The number of sulfone groups is 1. The Morgan fingerprint density at radius 2 is 1.88 bits per heavy atom.